The van der Waals surface area contributed by atoms with Gasteiger partial charge in [0.15, 0.2) is 11.5 Å². The van der Waals surface area contributed by atoms with E-state index in [4.69, 9.17) is 25.4 Å². The number of methoxy groups -OCH3 is 1. The second kappa shape index (κ2) is 8.85. The van der Waals surface area contributed by atoms with E-state index in [1.165, 1.54) is 12.8 Å². The van der Waals surface area contributed by atoms with Crippen LogP contribution < -0.4 is 5.73 Å². The maximum atomic E-state index is 13.6. The molecule has 0 spiro atoms. The lowest BCUT2D eigenvalue weighted by molar-refractivity contribution is -0.0937. The third kappa shape index (κ3) is 3.81. The zero-order valence-electron chi connectivity index (χ0n) is 23.3. The van der Waals surface area contributed by atoms with Crippen molar-refractivity contribution in [3.8, 4) is 11.5 Å². The highest BCUT2D eigenvalue weighted by Gasteiger charge is 2.47. The van der Waals surface area contributed by atoms with E-state index in [2.05, 4.69) is 28.2 Å². The SMILES string of the molecule is COC1(C)CC(Cn2c(-c3cc4cccnc4n3CC3CC3)nc3cc(C(=O)N4C[C@H]5CC[C@@H]4[C@@H]5N)cnc32)C1. The Hall–Kier alpha value is -3.30. The summed E-state index contributed by atoms with van der Waals surface area (Å²) in [6.45, 7) is 4.69. The zero-order valence-corrected chi connectivity index (χ0v) is 23.3. The van der Waals surface area contributed by atoms with Crippen LogP contribution in [0.15, 0.2) is 36.7 Å². The fourth-order valence-electron chi connectivity index (χ4n) is 7.68. The van der Waals surface area contributed by atoms with E-state index in [0.29, 0.717) is 23.3 Å². The van der Waals surface area contributed by atoms with Gasteiger partial charge in [0.1, 0.15) is 11.2 Å². The van der Waals surface area contributed by atoms with Gasteiger partial charge >= 0.3 is 0 Å². The van der Waals surface area contributed by atoms with Gasteiger partial charge in [0.25, 0.3) is 5.91 Å². The van der Waals surface area contributed by atoms with Crippen molar-refractivity contribution in [3.63, 3.8) is 0 Å². The van der Waals surface area contributed by atoms with Gasteiger partial charge in [-0.1, -0.05) is 0 Å². The summed E-state index contributed by atoms with van der Waals surface area (Å²) in [4.78, 5) is 30.4. The molecule has 9 heteroatoms. The maximum absolute atomic E-state index is 13.6. The molecule has 208 valence electrons. The van der Waals surface area contributed by atoms with Gasteiger partial charge < -0.3 is 24.5 Å². The first-order valence-electron chi connectivity index (χ1n) is 14.8. The number of amides is 1. The van der Waals surface area contributed by atoms with Crippen LogP contribution in [0.4, 0.5) is 0 Å². The van der Waals surface area contributed by atoms with Gasteiger partial charge in [0.2, 0.25) is 0 Å². The van der Waals surface area contributed by atoms with Crippen LogP contribution in [0.25, 0.3) is 33.7 Å². The molecule has 0 unspecified atom stereocenters. The fraction of sp³-hybridized carbons (Fsp3) is 0.548. The molecule has 9 nitrogen and oxygen atoms in total. The number of likely N-dealkylation sites (tertiary alicyclic amines) is 1. The monoisotopic (exact) mass is 539 g/mol. The number of nitrogens with zero attached hydrogens (tertiary/aromatic N) is 6. The summed E-state index contributed by atoms with van der Waals surface area (Å²) in [7, 11) is 1.80. The Morgan fingerprint density at radius 3 is 2.62 bits per heavy atom. The van der Waals surface area contributed by atoms with Crippen LogP contribution in [-0.4, -0.2) is 66.2 Å². The van der Waals surface area contributed by atoms with Gasteiger partial charge in [0.05, 0.1) is 16.9 Å². The molecular formula is C31H37N7O2. The van der Waals surface area contributed by atoms with Gasteiger partial charge in [0, 0.05) is 56.6 Å². The number of imidazole rings is 1. The summed E-state index contributed by atoms with van der Waals surface area (Å²) in [5.41, 5.74) is 10.6. The number of hydrogen-bond donors (Lipinski definition) is 1. The highest BCUT2D eigenvalue weighted by atomic mass is 16.5. The largest absolute Gasteiger partial charge is 0.379 e. The molecule has 1 amide bonds. The molecule has 4 fully saturated rings. The Labute approximate surface area is 233 Å². The number of rotatable bonds is 7. The van der Waals surface area contributed by atoms with Crippen molar-refractivity contribution >= 4 is 28.1 Å². The average Bonchev–Trinajstić information content (AvgIpc) is 3.32. The number of carbonyl (C=O) groups is 1. The molecule has 0 radical (unpaired) electrons. The number of hydrogen-bond acceptors (Lipinski definition) is 6. The van der Waals surface area contributed by atoms with Crippen LogP contribution in [0, 0.1) is 17.8 Å². The predicted molar refractivity (Wildman–Crippen MR) is 153 cm³/mol. The molecule has 3 aliphatic carbocycles. The molecule has 2 bridgehead atoms. The molecule has 5 heterocycles. The van der Waals surface area contributed by atoms with E-state index in [0.717, 1.165) is 79.0 Å². The quantitative estimate of drug-likeness (QED) is 0.377. The number of carbonyl (C=O) groups excluding carboxylic acids is 1. The number of ether oxygens (including phenoxy) is 1. The molecular weight excluding hydrogens is 502 g/mol. The molecule has 1 aliphatic heterocycles. The van der Waals surface area contributed by atoms with Gasteiger partial charge in [-0.3, -0.25) is 4.79 Å². The van der Waals surface area contributed by atoms with Crippen LogP contribution >= 0.6 is 0 Å². The van der Waals surface area contributed by atoms with Gasteiger partial charge in [-0.05, 0) is 87.5 Å². The number of fused-ring (bicyclic) bond motifs is 4. The Kier molecular flexibility index (Phi) is 5.42. The molecule has 1 saturated heterocycles. The lowest BCUT2D eigenvalue weighted by atomic mass is 9.72. The third-order valence-electron chi connectivity index (χ3n) is 10.1. The van der Waals surface area contributed by atoms with Gasteiger partial charge in [-0.2, -0.15) is 0 Å². The molecule has 40 heavy (non-hydrogen) atoms. The van der Waals surface area contributed by atoms with Crippen LogP contribution in [0.5, 0.6) is 0 Å². The van der Waals surface area contributed by atoms with E-state index in [1.807, 2.05) is 23.2 Å². The minimum absolute atomic E-state index is 0.0232. The first-order valence-corrected chi connectivity index (χ1v) is 14.8. The Balaban J connectivity index is 1.22. The van der Waals surface area contributed by atoms with Crippen molar-refractivity contribution in [1.82, 2.24) is 29.0 Å². The zero-order chi connectivity index (χ0) is 27.2. The van der Waals surface area contributed by atoms with Crippen LogP contribution in [0.1, 0.15) is 55.8 Å². The summed E-state index contributed by atoms with van der Waals surface area (Å²) in [6, 6.07) is 8.51. The highest BCUT2D eigenvalue weighted by Crippen LogP contribution is 2.43. The second-order valence-electron chi connectivity index (χ2n) is 13.0. The summed E-state index contributed by atoms with van der Waals surface area (Å²) in [6.07, 6.45) is 10.2. The summed E-state index contributed by atoms with van der Waals surface area (Å²) in [5.74, 6) is 2.51. The van der Waals surface area contributed by atoms with Crippen molar-refractivity contribution in [2.75, 3.05) is 13.7 Å². The van der Waals surface area contributed by atoms with Crippen LogP contribution in [0.2, 0.25) is 0 Å². The Morgan fingerprint density at radius 2 is 1.90 bits per heavy atom. The number of nitrogens with two attached hydrogens (primary N) is 1. The lowest BCUT2D eigenvalue weighted by Crippen LogP contribution is -2.44. The van der Waals surface area contributed by atoms with Crippen molar-refractivity contribution < 1.29 is 9.53 Å². The standard InChI is InChI=1S/C31H37N7O2/c1-31(40-2)12-19(13-31)16-38-28-23(10-22(14-34-28)30(39)37-17-21-7-8-24(37)26(21)32)35-29(38)25-11-20-4-3-9-33-27(20)36(25)15-18-5-6-18/h3-4,9-11,14,18-19,21,24,26H,5-8,12-13,15-17,32H2,1-2H3/t19?,21-,24-,26-,31?/m1/s1. The summed E-state index contributed by atoms with van der Waals surface area (Å²) in [5, 5.41) is 1.12. The van der Waals surface area contributed by atoms with Crippen LogP contribution in [0.3, 0.4) is 0 Å². The Morgan fingerprint density at radius 1 is 1.07 bits per heavy atom. The number of piperidine rings is 1. The fourth-order valence-corrected chi connectivity index (χ4v) is 7.68. The third-order valence-corrected chi connectivity index (χ3v) is 10.1. The van der Waals surface area contributed by atoms with Crippen molar-refractivity contribution in [2.24, 2.45) is 23.5 Å². The molecule has 0 aromatic carbocycles. The number of aromatic nitrogens is 5. The molecule has 8 rings (SSSR count). The maximum Gasteiger partial charge on any atom is 0.255 e. The molecule has 4 aromatic heterocycles. The minimum atomic E-state index is -0.0605. The average molecular weight is 540 g/mol. The van der Waals surface area contributed by atoms with Crippen LogP contribution in [-0.2, 0) is 17.8 Å². The highest BCUT2D eigenvalue weighted by molar-refractivity contribution is 5.97. The van der Waals surface area contributed by atoms with E-state index in [-0.39, 0.29) is 23.6 Å². The normalized spacial score (nSPS) is 29.5. The topological polar surface area (TPSA) is 104 Å². The molecule has 3 atom stereocenters. The summed E-state index contributed by atoms with van der Waals surface area (Å²) >= 11 is 0. The minimum Gasteiger partial charge on any atom is -0.379 e. The molecule has 3 saturated carbocycles. The molecule has 2 N–H and O–H groups in total. The Bertz CT molecular complexity index is 1630. The first-order chi connectivity index (χ1) is 19.4. The van der Waals surface area contributed by atoms with E-state index >= 15 is 0 Å². The van der Waals surface area contributed by atoms with E-state index < -0.39 is 0 Å². The predicted octanol–water partition coefficient (Wildman–Crippen LogP) is 4.23. The van der Waals surface area contributed by atoms with Gasteiger partial charge in [-0.25, -0.2) is 15.0 Å². The number of pyridine rings is 2. The lowest BCUT2D eigenvalue weighted by Gasteiger charge is -2.44. The van der Waals surface area contributed by atoms with Crippen molar-refractivity contribution in [2.45, 2.75) is 76.2 Å². The van der Waals surface area contributed by atoms with Crippen molar-refractivity contribution in [3.05, 3.63) is 42.2 Å². The second-order valence-corrected chi connectivity index (χ2v) is 13.0. The van der Waals surface area contributed by atoms with E-state index in [9.17, 15) is 4.79 Å². The smallest absolute Gasteiger partial charge is 0.255 e. The van der Waals surface area contributed by atoms with Crippen molar-refractivity contribution in [1.29, 1.82) is 0 Å². The van der Waals surface area contributed by atoms with Gasteiger partial charge in [-0.15, -0.1) is 0 Å². The molecule has 4 aromatic rings. The molecule has 4 aliphatic rings. The summed E-state index contributed by atoms with van der Waals surface area (Å²) < 4.78 is 10.4. The first kappa shape index (κ1) is 24.5. The van der Waals surface area contributed by atoms with E-state index in [1.54, 1.807) is 13.3 Å².